The van der Waals surface area contributed by atoms with Crippen molar-refractivity contribution in [2.24, 2.45) is 5.73 Å². The van der Waals surface area contributed by atoms with Gasteiger partial charge < -0.3 is 10.5 Å². The first-order valence-corrected chi connectivity index (χ1v) is 7.28. The molecular formula is C12H15Cl2NO2S. The van der Waals surface area contributed by atoms with Gasteiger partial charge in [0, 0.05) is 15.7 Å². The average Bonchev–Trinajstić information content (AvgIpc) is 2.33. The predicted octanol–water partition coefficient (Wildman–Crippen LogP) is 3.37. The van der Waals surface area contributed by atoms with E-state index in [0.717, 1.165) is 4.90 Å². The molecule has 1 rings (SSSR count). The third kappa shape index (κ3) is 5.06. The molecule has 18 heavy (non-hydrogen) atoms. The van der Waals surface area contributed by atoms with Gasteiger partial charge in [-0.05, 0) is 31.5 Å². The summed E-state index contributed by atoms with van der Waals surface area (Å²) in [6.07, 6.45) is 0.534. The van der Waals surface area contributed by atoms with E-state index in [4.69, 9.17) is 33.7 Å². The summed E-state index contributed by atoms with van der Waals surface area (Å²) in [6.45, 7) is 2.10. The minimum atomic E-state index is -0.588. The van der Waals surface area contributed by atoms with Gasteiger partial charge in [-0.3, -0.25) is 4.79 Å². The lowest BCUT2D eigenvalue weighted by Crippen LogP contribution is -2.32. The Morgan fingerprint density at radius 1 is 1.50 bits per heavy atom. The summed E-state index contributed by atoms with van der Waals surface area (Å²) in [6, 6.07) is 4.69. The van der Waals surface area contributed by atoms with Crippen LogP contribution >= 0.6 is 35.0 Å². The first kappa shape index (κ1) is 15.6. The average molecular weight is 308 g/mol. The molecule has 0 amide bonds. The van der Waals surface area contributed by atoms with Gasteiger partial charge in [-0.15, -0.1) is 11.8 Å². The zero-order chi connectivity index (χ0) is 13.5. The Labute approximate surface area is 121 Å². The van der Waals surface area contributed by atoms with Crippen molar-refractivity contribution >= 4 is 40.9 Å². The molecule has 0 fully saturated rings. The number of rotatable bonds is 6. The van der Waals surface area contributed by atoms with Gasteiger partial charge >= 0.3 is 5.97 Å². The van der Waals surface area contributed by atoms with Gasteiger partial charge in [-0.2, -0.15) is 0 Å². The number of hydrogen-bond acceptors (Lipinski definition) is 4. The second kappa shape index (κ2) is 7.89. The van der Waals surface area contributed by atoms with Crippen molar-refractivity contribution < 1.29 is 9.53 Å². The third-order valence-corrected chi connectivity index (χ3v) is 3.93. The number of carbonyl (C=O) groups is 1. The van der Waals surface area contributed by atoms with Crippen LogP contribution in [0.2, 0.25) is 10.0 Å². The molecular weight excluding hydrogens is 293 g/mol. The standard InChI is InChI=1S/C12H15Cl2NO2S/c1-2-17-12(16)10(15)5-6-18-11-7-8(13)3-4-9(11)14/h3-4,7,10H,2,5-6,15H2,1H3. The van der Waals surface area contributed by atoms with Crippen LogP contribution in [0.3, 0.4) is 0 Å². The Bertz CT molecular complexity index is 415. The van der Waals surface area contributed by atoms with E-state index in [1.807, 2.05) is 0 Å². The Balaban J connectivity index is 2.41. The number of benzene rings is 1. The summed E-state index contributed by atoms with van der Waals surface area (Å²) in [5.41, 5.74) is 5.69. The van der Waals surface area contributed by atoms with Crippen LogP contribution in [-0.4, -0.2) is 24.4 Å². The van der Waals surface area contributed by atoms with E-state index in [0.29, 0.717) is 28.8 Å². The molecule has 100 valence electrons. The number of esters is 1. The number of hydrogen-bond donors (Lipinski definition) is 1. The lowest BCUT2D eigenvalue weighted by molar-refractivity contribution is -0.144. The third-order valence-electron chi connectivity index (χ3n) is 2.17. The van der Waals surface area contributed by atoms with Crippen molar-refractivity contribution in [3.63, 3.8) is 0 Å². The highest BCUT2D eigenvalue weighted by atomic mass is 35.5. The first-order chi connectivity index (χ1) is 8.54. The van der Waals surface area contributed by atoms with E-state index < -0.39 is 6.04 Å². The van der Waals surface area contributed by atoms with Crippen molar-refractivity contribution in [2.75, 3.05) is 12.4 Å². The quantitative estimate of drug-likeness (QED) is 0.647. The molecule has 1 aromatic rings. The topological polar surface area (TPSA) is 52.3 Å². The Morgan fingerprint density at radius 3 is 2.89 bits per heavy atom. The highest BCUT2D eigenvalue weighted by Gasteiger charge is 2.14. The van der Waals surface area contributed by atoms with E-state index >= 15 is 0 Å². The number of nitrogens with two attached hydrogens (primary N) is 1. The SMILES string of the molecule is CCOC(=O)C(N)CCSc1cc(Cl)ccc1Cl. The van der Waals surface area contributed by atoms with Gasteiger partial charge in [0.25, 0.3) is 0 Å². The molecule has 6 heteroatoms. The molecule has 0 saturated heterocycles. The molecule has 1 aromatic carbocycles. The summed E-state index contributed by atoms with van der Waals surface area (Å²) in [4.78, 5) is 12.2. The van der Waals surface area contributed by atoms with Gasteiger partial charge in [0.15, 0.2) is 0 Å². The maximum atomic E-state index is 11.3. The van der Waals surface area contributed by atoms with Crippen LogP contribution in [0.4, 0.5) is 0 Å². The van der Waals surface area contributed by atoms with Gasteiger partial charge in [0.2, 0.25) is 0 Å². The van der Waals surface area contributed by atoms with Crippen LogP contribution in [0.1, 0.15) is 13.3 Å². The van der Waals surface area contributed by atoms with E-state index in [2.05, 4.69) is 0 Å². The zero-order valence-electron chi connectivity index (χ0n) is 9.99. The van der Waals surface area contributed by atoms with Gasteiger partial charge in [0.1, 0.15) is 6.04 Å². The highest BCUT2D eigenvalue weighted by molar-refractivity contribution is 7.99. The number of halogens is 2. The molecule has 3 nitrogen and oxygen atoms in total. The van der Waals surface area contributed by atoms with Crippen molar-refractivity contribution in [3.05, 3.63) is 28.2 Å². The molecule has 0 spiro atoms. The maximum absolute atomic E-state index is 11.3. The number of thioether (sulfide) groups is 1. The number of ether oxygens (including phenoxy) is 1. The van der Waals surface area contributed by atoms with Crippen molar-refractivity contribution in [2.45, 2.75) is 24.3 Å². The summed E-state index contributed by atoms with van der Waals surface area (Å²) in [7, 11) is 0. The van der Waals surface area contributed by atoms with Gasteiger partial charge in [0.05, 0.1) is 11.6 Å². The molecule has 0 bridgehead atoms. The predicted molar refractivity (Wildman–Crippen MR) is 76.4 cm³/mol. The van der Waals surface area contributed by atoms with Crippen LogP contribution in [-0.2, 0) is 9.53 Å². The Hall–Kier alpha value is -0.420. The van der Waals surface area contributed by atoms with Crippen LogP contribution in [0, 0.1) is 0 Å². The van der Waals surface area contributed by atoms with Crippen molar-refractivity contribution in [1.82, 2.24) is 0 Å². The second-order valence-electron chi connectivity index (χ2n) is 3.57. The summed E-state index contributed by atoms with van der Waals surface area (Å²) in [5, 5.41) is 1.28. The smallest absolute Gasteiger partial charge is 0.322 e. The van der Waals surface area contributed by atoms with Crippen molar-refractivity contribution in [1.29, 1.82) is 0 Å². The lowest BCUT2D eigenvalue weighted by atomic mass is 10.2. The molecule has 1 unspecified atom stereocenters. The molecule has 0 aliphatic heterocycles. The van der Waals surface area contributed by atoms with Crippen molar-refractivity contribution in [3.8, 4) is 0 Å². The fraction of sp³-hybridized carbons (Fsp3) is 0.417. The second-order valence-corrected chi connectivity index (χ2v) is 5.55. The zero-order valence-corrected chi connectivity index (χ0v) is 12.3. The molecule has 0 saturated carbocycles. The van der Waals surface area contributed by atoms with Crippen LogP contribution in [0.5, 0.6) is 0 Å². The van der Waals surface area contributed by atoms with Crippen LogP contribution < -0.4 is 5.73 Å². The van der Waals surface area contributed by atoms with Crippen LogP contribution in [0.15, 0.2) is 23.1 Å². The summed E-state index contributed by atoms with van der Waals surface area (Å²) < 4.78 is 4.83. The fourth-order valence-electron chi connectivity index (χ4n) is 1.25. The minimum Gasteiger partial charge on any atom is -0.465 e. The Morgan fingerprint density at radius 2 is 2.22 bits per heavy atom. The van der Waals surface area contributed by atoms with E-state index in [9.17, 15) is 4.79 Å². The maximum Gasteiger partial charge on any atom is 0.322 e. The monoisotopic (exact) mass is 307 g/mol. The molecule has 0 aliphatic rings. The summed E-state index contributed by atoms with van der Waals surface area (Å²) in [5.74, 6) is 0.315. The Kier molecular flexibility index (Phi) is 6.86. The summed E-state index contributed by atoms with van der Waals surface area (Å²) >= 11 is 13.4. The van der Waals surface area contributed by atoms with E-state index in [1.165, 1.54) is 11.8 Å². The molecule has 0 aromatic heterocycles. The molecule has 0 heterocycles. The molecule has 1 atom stereocenters. The van der Waals surface area contributed by atoms with E-state index in [1.54, 1.807) is 25.1 Å². The highest BCUT2D eigenvalue weighted by Crippen LogP contribution is 2.30. The normalized spacial score (nSPS) is 12.2. The molecule has 0 radical (unpaired) electrons. The van der Waals surface area contributed by atoms with E-state index in [-0.39, 0.29) is 5.97 Å². The largest absolute Gasteiger partial charge is 0.465 e. The molecule has 0 aliphatic carbocycles. The van der Waals surface area contributed by atoms with Gasteiger partial charge in [-0.1, -0.05) is 23.2 Å². The van der Waals surface area contributed by atoms with Gasteiger partial charge in [-0.25, -0.2) is 0 Å². The number of carbonyl (C=O) groups excluding carboxylic acids is 1. The fourth-order valence-corrected chi connectivity index (χ4v) is 2.78. The minimum absolute atomic E-state index is 0.347. The molecule has 2 N–H and O–H groups in total. The first-order valence-electron chi connectivity index (χ1n) is 5.54. The lowest BCUT2D eigenvalue weighted by Gasteiger charge is -2.10. The van der Waals surface area contributed by atoms with Crippen LogP contribution in [0.25, 0.3) is 0 Å².